The SMILES string of the molecule is CCCCN(CCCC)S(=O)(=O)c1ccc(C(=O)Nc2sccc2C(=O)NN=C(C)C)cc1. The minimum absolute atomic E-state index is 0.162. The van der Waals surface area contributed by atoms with E-state index in [9.17, 15) is 18.0 Å². The van der Waals surface area contributed by atoms with Crippen molar-refractivity contribution in [2.24, 2.45) is 5.10 Å². The third kappa shape index (κ3) is 7.48. The van der Waals surface area contributed by atoms with E-state index in [1.54, 1.807) is 25.3 Å². The van der Waals surface area contributed by atoms with E-state index in [-0.39, 0.29) is 4.90 Å². The zero-order valence-electron chi connectivity index (χ0n) is 19.6. The van der Waals surface area contributed by atoms with E-state index in [0.717, 1.165) is 25.7 Å². The largest absolute Gasteiger partial charge is 0.313 e. The Hall–Kier alpha value is -2.56. The molecule has 0 radical (unpaired) electrons. The molecule has 0 saturated carbocycles. The number of nitrogens with one attached hydrogen (secondary N) is 2. The monoisotopic (exact) mass is 492 g/mol. The highest BCUT2D eigenvalue weighted by Gasteiger charge is 2.24. The Labute approximate surface area is 200 Å². The second kappa shape index (κ2) is 12.6. The van der Waals surface area contributed by atoms with E-state index in [0.29, 0.717) is 34.9 Å². The van der Waals surface area contributed by atoms with Crippen LogP contribution in [0.1, 0.15) is 74.1 Å². The molecule has 0 unspecified atom stereocenters. The maximum atomic E-state index is 13.1. The summed E-state index contributed by atoms with van der Waals surface area (Å²) in [6.45, 7) is 8.52. The zero-order chi connectivity index (χ0) is 24.4. The molecule has 33 heavy (non-hydrogen) atoms. The average molecular weight is 493 g/mol. The fourth-order valence-electron chi connectivity index (χ4n) is 2.93. The van der Waals surface area contributed by atoms with Crippen LogP contribution in [0.3, 0.4) is 0 Å². The van der Waals surface area contributed by atoms with Gasteiger partial charge in [0.05, 0.1) is 10.5 Å². The number of benzene rings is 1. The van der Waals surface area contributed by atoms with E-state index < -0.39 is 21.8 Å². The van der Waals surface area contributed by atoms with Crippen LogP contribution in [-0.2, 0) is 10.0 Å². The van der Waals surface area contributed by atoms with Crippen LogP contribution in [0.25, 0.3) is 0 Å². The molecule has 8 nitrogen and oxygen atoms in total. The van der Waals surface area contributed by atoms with Gasteiger partial charge in [0.1, 0.15) is 5.00 Å². The molecule has 2 N–H and O–H groups in total. The molecule has 1 aromatic heterocycles. The standard InChI is InChI=1S/C23H32N4O4S2/c1-5-7-14-27(15-8-6-2)33(30,31)19-11-9-18(10-12-19)21(28)24-23-20(13-16-32-23)22(29)26-25-17(3)4/h9-13,16H,5-8,14-15H2,1-4H3,(H,24,28)(H,26,29). The smallest absolute Gasteiger partial charge is 0.274 e. The summed E-state index contributed by atoms with van der Waals surface area (Å²) >= 11 is 1.22. The van der Waals surface area contributed by atoms with Crippen LogP contribution in [-0.4, -0.2) is 43.3 Å². The first-order valence-corrected chi connectivity index (χ1v) is 13.3. The van der Waals surface area contributed by atoms with Gasteiger partial charge in [-0.3, -0.25) is 9.59 Å². The van der Waals surface area contributed by atoms with Gasteiger partial charge in [-0.15, -0.1) is 11.3 Å². The van der Waals surface area contributed by atoms with Crippen LogP contribution in [0.4, 0.5) is 5.00 Å². The number of amides is 2. The third-order valence-corrected chi connectivity index (χ3v) is 7.54. The van der Waals surface area contributed by atoms with Crippen molar-refractivity contribution in [1.29, 1.82) is 0 Å². The number of carbonyl (C=O) groups is 2. The van der Waals surface area contributed by atoms with Gasteiger partial charge < -0.3 is 5.32 Å². The fourth-order valence-corrected chi connectivity index (χ4v) is 5.23. The van der Waals surface area contributed by atoms with E-state index >= 15 is 0 Å². The maximum absolute atomic E-state index is 13.1. The molecule has 2 amide bonds. The van der Waals surface area contributed by atoms with Gasteiger partial charge in [-0.1, -0.05) is 26.7 Å². The summed E-state index contributed by atoms with van der Waals surface area (Å²) in [4.78, 5) is 25.2. The Kier molecular flexibility index (Phi) is 10.2. The van der Waals surface area contributed by atoms with Gasteiger partial charge in [-0.25, -0.2) is 13.8 Å². The molecule has 1 heterocycles. The van der Waals surface area contributed by atoms with Crippen LogP contribution in [0, 0.1) is 0 Å². The molecular weight excluding hydrogens is 460 g/mol. The van der Waals surface area contributed by atoms with Crippen molar-refractivity contribution in [3.63, 3.8) is 0 Å². The molecule has 180 valence electrons. The van der Waals surface area contributed by atoms with Crippen molar-refractivity contribution < 1.29 is 18.0 Å². The maximum Gasteiger partial charge on any atom is 0.274 e. The summed E-state index contributed by atoms with van der Waals surface area (Å²) in [6, 6.07) is 7.48. The van der Waals surface area contributed by atoms with Crippen molar-refractivity contribution in [1.82, 2.24) is 9.73 Å². The van der Waals surface area contributed by atoms with Gasteiger partial charge in [-0.05, 0) is 62.4 Å². The van der Waals surface area contributed by atoms with E-state index in [1.807, 2.05) is 13.8 Å². The molecule has 0 aliphatic carbocycles. The normalized spacial score (nSPS) is 11.3. The molecule has 2 rings (SSSR count). The highest BCUT2D eigenvalue weighted by Crippen LogP contribution is 2.24. The van der Waals surface area contributed by atoms with Crippen molar-refractivity contribution >= 4 is 43.9 Å². The van der Waals surface area contributed by atoms with Crippen LogP contribution < -0.4 is 10.7 Å². The molecule has 0 atom stereocenters. The van der Waals surface area contributed by atoms with Gasteiger partial charge in [0.25, 0.3) is 11.8 Å². The number of unbranched alkanes of at least 4 members (excludes halogenated alkanes) is 2. The molecule has 0 aliphatic rings. The fraction of sp³-hybridized carbons (Fsp3) is 0.435. The van der Waals surface area contributed by atoms with Crippen LogP contribution in [0.2, 0.25) is 0 Å². The zero-order valence-corrected chi connectivity index (χ0v) is 21.2. The highest BCUT2D eigenvalue weighted by atomic mass is 32.2. The van der Waals surface area contributed by atoms with Crippen molar-refractivity contribution in [3.8, 4) is 0 Å². The molecule has 10 heteroatoms. The number of rotatable bonds is 12. The second-order valence-electron chi connectivity index (χ2n) is 7.75. The Morgan fingerprint density at radius 1 is 0.970 bits per heavy atom. The first kappa shape index (κ1) is 26.7. The molecule has 0 bridgehead atoms. The van der Waals surface area contributed by atoms with E-state index in [2.05, 4.69) is 15.8 Å². The molecule has 0 aliphatic heterocycles. The lowest BCUT2D eigenvalue weighted by atomic mass is 10.2. The van der Waals surface area contributed by atoms with Crippen molar-refractivity contribution in [3.05, 3.63) is 46.8 Å². The summed E-state index contributed by atoms with van der Waals surface area (Å²) in [7, 11) is -3.63. The first-order chi connectivity index (χ1) is 15.7. The average Bonchev–Trinajstić information content (AvgIpc) is 3.25. The Morgan fingerprint density at radius 2 is 1.58 bits per heavy atom. The number of hydrogen-bond acceptors (Lipinski definition) is 6. The Morgan fingerprint density at radius 3 is 2.12 bits per heavy atom. The van der Waals surface area contributed by atoms with Crippen molar-refractivity contribution in [2.45, 2.75) is 58.3 Å². The van der Waals surface area contributed by atoms with Gasteiger partial charge in [-0.2, -0.15) is 9.41 Å². The minimum atomic E-state index is -3.63. The van der Waals surface area contributed by atoms with Crippen molar-refractivity contribution in [2.75, 3.05) is 18.4 Å². The number of hydrogen-bond donors (Lipinski definition) is 2. The van der Waals surface area contributed by atoms with E-state index in [1.165, 1.54) is 39.9 Å². The Bertz CT molecular complexity index is 1060. The summed E-state index contributed by atoms with van der Waals surface area (Å²) in [5.74, 6) is -0.854. The summed E-state index contributed by atoms with van der Waals surface area (Å²) in [5.41, 5.74) is 3.73. The number of anilines is 1. The van der Waals surface area contributed by atoms with E-state index in [4.69, 9.17) is 0 Å². The predicted octanol–water partition coefficient (Wildman–Crippen LogP) is 4.72. The third-order valence-electron chi connectivity index (χ3n) is 4.79. The predicted molar refractivity (Wildman–Crippen MR) is 134 cm³/mol. The van der Waals surface area contributed by atoms with Crippen LogP contribution in [0.15, 0.2) is 45.7 Å². The molecule has 1 aromatic carbocycles. The van der Waals surface area contributed by atoms with Gasteiger partial charge >= 0.3 is 0 Å². The number of thiophene rings is 1. The highest BCUT2D eigenvalue weighted by molar-refractivity contribution is 7.89. The second-order valence-corrected chi connectivity index (χ2v) is 10.6. The minimum Gasteiger partial charge on any atom is -0.313 e. The lowest BCUT2D eigenvalue weighted by Crippen LogP contribution is -2.33. The number of sulfonamides is 1. The summed E-state index contributed by atoms with van der Waals surface area (Å²) in [6.07, 6.45) is 3.40. The quantitative estimate of drug-likeness (QED) is 0.330. The van der Waals surface area contributed by atoms with Gasteiger partial charge in [0, 0.05) is 24.4 Å². The summed E-state index contributed by atoms with van der Waals surface area (Å²) < 4.78 is 27.7. The Balaban J connectivity index is 2.15. The van der Waals surface area contributed by atoms with Crippen LogP contribution >= 0.6 is 11.3 Å². The first-order valence-electron chi connectivity index (χ1n) is 11.0. The molecule has 0 fully saturated rings. The lowest BCUT2D eigenvalue weighted by molar-refractivity contribution is 0.0956. The van der Waals surface area contributed by atoms with Gasteiger partial charge in [0.15, 0.2) is 0 Å². The number of carbonyl (C=O) groups excluding carboxylic acids is 2. The lowest BCUT2D eigenvalue weighted by Gasteiger charge is -2.22. The molecule has 2 aromatic rings. The van der Waals surface area contributed by atoms with Gasteiger partial charge in [0.2, 0.25) is 10.0 Å². The molecule has 0 saturated heterocycles. The summed E-state index contributed by atoms with van der Waals surface area (Å²) in [5, 5.41) is 8.70. The molecule has 0 spiro atoms. The number of nitrogens with zero attached hydrogens (tertiary/aromatic N) is 2. The number of hydrazone groups is 1. The molecular formula is C23H32N4O4S2. The van der Waals surface area contributed by atoms with Crippen LogP contribution in [0.5, 0.6) is 0 Å². The topological polar surface area (TPSA) is 108 Å².